The molecule has 0 amide bonds. The van der Waals surface area contributed by atoms with Gasteiger partial charge in [-0.2, -0.15) is 0 Å². The van der Waals surface area contributed by atoms with Gasteiger partial charge >= 0.3 is 0 Å². The first-order chi connectivity index (χ1) is 13.7. The molecule has 0 bridgehead atoms. The Kier molecular flexibility index (Phi) is 6.18. The molecule has 0 saturated carbocycles. The molecule has 2 heterocycles. The molecule has 4 nitrogen and oxygen atoms in total. The first kappa shape index (κ1) is 19.3. The minimum absolute atomic E-state index is 1.14. The van der Waals surface area contributed by atoms with Gasteiger partial charge in [0.05, 0.1) is 0 Å². The van der Waals surface area contributed by atoms with Crippen molar-refractivity contribution in [1.82, 2.24) is 9.80 Å². The van der Waals surface area contributed by atoms with Crippen LogP contribution >= 0.6 is 0 Å². The number of anilines is 2. The Balaban J connectivity index is 1.18. The van der Waals surface area contributed by atoms with Crippen molar-refractivity contribution in [3.63, 3.8) is 0 Å². The topological polar surface area (TPSA) is 13.0 Å². The van der Waals surface area contributed by atoms with Gasteiger partial charge in [-0.05, 0) is 49.2 Å². The third kappa shape index (κ3) is 4.86. The fourth-order valence-corrected chi connectivity index (χ4v) is 4.39. The fourth-order valence-electron chi connectivity index (χ4n) is 4.39. The lowest BCUT2D eigenvalue weighted by molar-refractivity contribution is 0.190. The molecule has 2 fully saturated rings. The second-order valence-corrected chi connectivity index (χ2v) is 8.34. The molecule has 28 heavy (non-hydrogen) atoms. The first-order valence-electron chi connectivity index (χ1n) is 10.8. The number of hydrogen-bond donors (Lipinski definition) is 0. The van der Waals surface area contributed by atoms with Crippen LogP contribution in [0.15, 0.2) is 48.5 Å². The van der Waals surface area contributed by atoms with Gasteiger partial charge < -0.3 is 9.80 Å². The van der Waals surface area contributed by atoms with Crippen molar-refractivity contribution in [2.75, 3.05) is 75.2 Å². The van der Waals surface area contributed by atoms with Crippen LogP contribution in [0, 0.1) is 13.8 Å². The number of rotatable bonds is 5. The Hall–Kier alpha value is -2.04. The van der Waals surface area contributed by atoms with E-state index < -0.39 is 0 Å². The van der Waals surface area contributed by atoms with E-state index in [1.807, 2.05) is 0 Å². The van der Waals surface area contributed by atoms with Crippen LogP contribution in [-0.4, -0.2) is 75.2 Å². The van der Waals surface area contributed by atoms with Gasteiger partial charge in [-0.15, -0.1) is 0 Å². The molecular formula is C24H34N4. The Morgan fingerprint density at radius 3 is 1.32 bits per heavy atom. The van der Waals surface area contributed by atoms with E-state index in [2.05, 4.69) is 82.0 Å². The third-order valence-electron chi connectivity index (χ3n) is 6.21. The van der Waals surface area contributed by atoms with Gasteiger partial charge in [-0.1, -0.05) is 24.3 Å². The molecule has 2 aliphatic heterocycles. The maximum absolute atomic E-state index is 2.64. The van der Waals surface area contributed by atoms with Crippen LogP contribution in [0.3, 0.4) is 0 Å². The zero-order chi connectivity index (χ0) is 19.3. The molecule has 2 aromatic carbocycles. The van der Waals surface area contributed by atoms with Gasteiger partial charge in [0.2, 0.25) is 0 Å². The maximum Gasteiger partial charge on any atom is 0.0369 e. The highest BCUT2D eigenvalue weighted by Crippen LogP contribution is 2.19. The number of aryl methyl sites for hydroxylation is 2. The van der Waals surface area contributed by atoms with Crippen LogP contribution in [0.2, 0.25) is 0 Å². The van der Waals surface area contributed by atoms with Crippen molar-refractivity contribution in [2.45, 2.75) is 13.8 Å². The van der Waals surface area contributed by atoms with Crippen LogP contribution in [-0.2, 0) is 0 Å². The lowest BCUT2D eigenvalue weighted by Crippen LogP contribution is -2.51. The lowest BCUT2D eigenvalue weighted by Gasteiger charge is -2.39. The Morgan fingerprint density at radius 2 is 0.964 bits per heavy atom. The molecule has 0 spiro atoms. The molecule has 0 aliphatic carbocycles. The first-order valence-corrected chi connectivity index (χ1v) is 10.8. The standard InChI is InChI=1S/C24H34N4/c1-21-5-3-7-23(19-21)27-15-11-25(12-16-27)9-10-26-13-17-28(18-14-26)24-8-4-6-22(2)20-24/h3-8,19-20H,9-18H2,1-2H3. The summed E-state index contributed by atoms with van der Waals surface area (Å²) in [5.41, 5.74) is 5.47. The Morgan fingerprint density at radius 1 is 0.571 bits per heavy atom. The summed E-state index contributed by atoms with van der Waals surface area (Å²) in [6.45, 7) is 16.0. The number of piperazine rings is 2. The average molecular weight is 379 g/mol. The zero-order valence-electron chi connectivity index (χ0n) is 17.5. The van der Waals surface area contributed by atoms with Crippen molar-refractivity contribution >= 4 is 11.4 Å². The summed E-state index contributed by atoms with van der Waals surface area (Å²) in [5, 5.41) is 0. The molecule has 0 N–H and O–H groups in total. The largest absolute Gasteiger partial charge is 0.369 e. The van der Waals surface area contributed by atoms with Gasteiger partial charge in [0.1, 0.15) is 0 Å². The summed E-state index contributed by atoms with van der Waals surface area (Å²) in [6.07, 6.45) is 0. The van der Waals surface area contributed by atoms with Crippen molar-refractivity contribution in [3.8, 4) is 0 Å². The highest BCUT2D eigenvalue weighted by atomic mass is 15.3. The molecule has 0 aromatic heterocycles. The van der Waals surface area contributed by atoms with Crippen LogP contribution in [0.5, 0.6) is 0 Å². The minimum Gasteiger partial charge on any atom is -0.369 e. The van der Waals surface area contributed by atoms with Crippen LogP contribution in [0.4, 0.5) is 11.4 Å². The smallest absolute Gasteiger partial charge is 0.0369 e. The molecule has 2 aromatic rings. The quantitative estimate of drug-likeness (QED) is 0.792. The molecule has 150 valence electrons. The number of nitrogens with zero attached hydrogens (tertiary/aromatic N) is 4. The van der Waals surface area contributed by atoms with E-state index in [-0.39, 0.29) is 0 Å². The third-order valence-corrected chi connectivity index (χ3v) is 6.21. The van der Waals surface area contributed by atoms with Gasteiger partial charge in [0, 0.05) is 76.8 Å². The normalized spacial score (nSPS) is 19.2. The average Bonchev–Trinajstić information content (AvgIpc) is 2.73. The van der Waals surface area contributed by atoms with Gasteiger partial charge in [0.15, 0.2) is 0 Å². The van der Waals surface area contributed by atoms with Crippen LogP contribution in [0.25, 0.3) is 0 Å². The van der Waals surface area contributed by atoms with E-state index in [1.165, 1.54) is 61.8 Å². The van der Waals surface area contributed by atoms with Crippen molar-refractivity contribution in [1.29, 1.82) is 0 Å². The van der Waals surface area contributed by atoms with Gasteiger partial charge in [0.25, 0.3) is 0 Å². The monoisotopic (exact) mass is 378 g/mol. The molecule has 4 heteroatoms. The summed E-state index contributed by atoms with van der Waals surface area (Å²) in [6, 6.07) is 17.8. The second-order valence-electron chi connectivity index (χ2n) is 8.34. The SMILES string of the molecule is Cc1cccc(N2CCN(CCN3CCN(c4cccc(C)c4)CC3)CC2)c1. The second kappa shape index (κ2) is 8.97. The Labute approximate surface area is 170 Å². The molecule has 2 saturated heterocycles. The summed E-state index contributed by atoms with van der Waals surface area (Å²) in [7, 11) is 0. The van der Waals surface area contributed by atoms with E-state index in [0.29, 0.717) is 0 Å². The summed E-state index contributed by atoms with van der Waals surface area (Å²) in [4.78, 5) is 10.3. The van der Waals surface area contributed by atoms with Crippen molar-refractivity contribution < 1.29 is 0 Å². The Bertz CT molecular complexity index is 693. The van der Waals surface area contributed by atoms with E-state index in [9.17, 15) is 0 Å². The summed E-state index contributed by atoms with van der Waals surface area (Å²) < 4.78 is 0. The van der Waals surface area contributed by atoms with Gasteiger partial charge in [-0.3, -0.25) is 9.80 Å². The van der Waals surface area contributed by atoms with Gasteiger partial charge in [-0.25, -0.2) is 0 Å². The predicted octanol–water partition coefficient (Wildman–Crippen LogP) is 3.25. The van der Waals surface area contributed by atoms with Crippen LogP contribution < -0.4 is 9.80 Å². The van der Waals surface area contributed by atoms with Crippen molar-refractivity contribution in [2.24, 2.45) is 0 Å². The molecule has 4 rings (SSSR count). The highest BCUT2D eigenvalue weighted by Gasteiger charge is 2.20. The fraction of sp³-hybridized carbons (Fsp3) is 0.500. The lowest BCUT2D eigenvalue weighted by atomic mass is 10.2. The van der Waals surface area contributed by atoms with E-state index in [1.54, 1.807) is 0 Å². The highest BCUT2D eigenvalue weighted by molar-refractivity contribution is 5.49. The maximum atomic E-state index is 2.64. The van der Waals surface area contributed by atoms with E-state index in [0.717, 1.165) is 26.2 Å². The number of benzene rings is 2. The molecule has 0 radical (unpaired) electrons. The van der Waals surface area contributed by atoms with Crippen LogP contribution in [0.1, 0.15) is 11.1 Å². The molecule has 0 atom stereocenters. The van der Waals surface area contributed by atoms with E-state index >= 15 is 0 Å². The minimum atomic E-state index is 1.14. The summed E-state index contributed by atoms with van der Waals surface area (Å²) in [5.74, 6) is 0. The summed E-state index contributed by atoms with van der Waals surface area (Å²) >= 11 is 0. The van der Waals surface area contributed by atoms with E-state index in [4.69, 9.17) is 0 Å². The molecule has 0 unspecified atom stereocenters. The number of hydrogen-bond acceptors (Lipinski definition) is 4. The molecular weight excluding hydrogens is 344 g/mol. The zero-order valence-corrected chi connectivity index (χ0v) is 17.5. The molecule has 2 aliphatic rings. The van der Waals surface area contributed by atoms with Crippen molar-refractivity contribution in [3.05, 3.63) is 59.7 Å². The predicted molar refractivity (Wildman–Crippen MR) is 120 cm³/mol.